The number of hydrogen-bond acceptors (Lipinski definition) is 0. The van der Waals surface area contributed by atoms with Crippen LogP contribution in [-0.2, 0) is 0 Å². The zero-order valence-corrected chi connectivity index (χ0v) is 26.5. The number of rotatable bonds is 0. The molecule has 2 radical (unpaired) electrons. The van der Waals surface area contributed by atoms with Crippen LogP contribution in [0.4, 0.5) is 0 Å². The Hall–Kier alpha value is 1.63. The van der Waals surface area contributed by atoms with Gasteiger partial charge in [0, 0.05) is 8.38 Å². The predicted octanol–water partition coefficient (Wildman–Crippen LogP) is 5.04. The Morgan fingerprint density at radius 3 is 0.423 bits per heavy atom. The molecule has 0 aliphatic carbocycles. The Morgan fingerprint density at radius 2 is 0.423 bits per heavy atom. The van der Waals surface area contributed by atoms with E-state index in [4.69, 9.17) is 1.34 Å². The molecule has 0 atom stereocenters. The Kier molecular flexibility index (Phi) is 4670. The summed E-state index contributed by atoms with van der Waals surface area (Å²) in [5, 5.41) is 0. The monoisotopic (exact) mass is 416 g/mol. The van der Waals surface area contributed by atoms with E-state index in [-0.39, 0.29) is 63.5 Å². The van der Waals surface area contributed by atoms with Crippen LogP contribution in [0.15, 0.2) is 0 Å². The molecule has 0 fully saturated rings. The smallest absolute Gasteiger partial charge is 1.00 e. The minimum Gasteiger partial charge on any atom is -1.00 e. The second-order valence-corrected chi connectivity index (χ2v) is 1.41. The van der Waals surface area contributed by atoms with Crippen molar-refractivity contribution < 1.29 is 56.1 Å². The average Bonchev–Trinajstić information content (AvgIpc) is 2.76. The van der Waals surface area contributed by atoms with Crippen LogP contribution in [0, 0.1) is 0 Å². The van der Waals surface area contributed by atoms with E-state index in [0.29, 0.717) is 0 Å². The Labute approximate surface area is 222 Å². The fraction of sp³-hybridized carbons (Fsp3) is 1.00. The molecule has 0 aromatic carbocycles. The summed E-state index contributed by atoms with van der Waals surface area (Å²) in [6.07, 6.45) is 2.50. The second-order valence-electron chi connectivity index (χ2n) is 1.41. The van der Waals surface area contributed by atoms with Gasteiger partial charge >= 0.3 is 51.4 Å². The van der Waals surface area contributed by atoms with Gasteiger partial charge in [-0.2, -0.15) is 0 Å². The molecule has 3 heteroatoms. The van der Waals surface area contributed by atoms with Crippen molar-refractivity contribution in [2.24, 2.45) is 0 Å². The third-order valence-corrected chi connectivity index (χ3v) is 0. The average molecular weight is 416 g/mol. The third-order valence-electron chi connectivity index (χ3n) is 0. The van der Waals surface area contributed by atoms with Gasteiger partial charge in [-0.1, -0.05) is 159 Å². The third kappa shape index (κ3) is 5840. The SMILES string of the molecule is C.CC.CC.CC.CC.CC.CC.CC.CC.CCC.CCC.[2H][B].[F-].[K+]. The molecule has 172 valence electrons. The van der Waals surface area contributed by atoms with Crippen LogP contribution in [0.1, 0.15) is 159 Å². The van der Waals surface area contributed by atoms with Gasteiger partial charge in [-0.3, -0.25) is 0 Å². The first-order chi connectivity index (χ1) is 11.8. The van der Waals surface area contributed by atoms with Gasteiger partial charge in [-0.05, 0) is 1.34 Å². The van der Waals surface area contributed by atoms with Gasteiger partial charge in [0.25, 0.3) is 0 Å². The summed E-state index contributed by atoms with van der Waals surface area (Å²) in [6, 6.07) is 0. The van der Waals surface area contributed by atoms with E-state index in [2.05, 4.69) is 36.1 Å². The molecular weight excluding hydrogens is 345 g/mol. The quantitative estimate of drug-likeness (QED) is 0.486. The molecule has 0 unspecified atom stereocenters. The van der Waals surface area contributed by atoms with Crippen LogP contribution in [0.5, 0.6) is 0 Å². The molecule has 0 aliphatic heterocycles. The van der Waals surface area contributed by atoms with E-state index in [1.165, 1.54) is 12.8 Å². The van der Waals surface area contributed by atoms with Crippen LogP contribution in [0.2, 0.25) is 0 Å². The van der Waals surface area contributed by atoms with Crippen molar-refractivity contribution in [2.75, 3.05) is 0 Å². The standard InChI is InChI=1S/2C3H8.8C2H6.CH4.BH.FH.K/c2*1-3-2;8*1-2;;;;/h2*3H2,1-2H3;8*1-2H3;1H4;2*1H;/q;;;;;;;;;;;;;+1/p-1/i;;;;;;;;;;;1D;;. The van der Waals surface area contributed by atoms with Crippen LogP contribution < -0.4 is 56.1 Å². The summed E-state index contributed by atoms with van der Waals surface area (Å²) in [6.45, 7) is 40.5. The van der Waals surface area contributed by atoms with Crippen molar-refractivity contribution in [1.29, 1.82) is 1.34 Å². The summed E-state index contributed by atoms with van der Waals surface area (Å²) in [7, 11) is 3.75. The first kappa shape index (κ1) is 91.5. The summed E-state index contributed by atoms with van der Waals surface area (Å²) in [5.74, 6) is 0. The van der Waals surface area contributed by atoms with E-state index in [1.54, 1.807) is 0 Å². The fourth-order valence-electron chi connectivity index (χ4n) is 0. The predicted molar refractivity (Wildman–Crippen MR) is 137 cm³/mol. The molecule has 0 aliphatic rings. The van der Waals surface area contributed by atoms with Gasteiger partial charge < -0.3 is 4.70 Å². The van der Waals surface area contributed by atoms with Gasteiger partial charge in [-0.25, -0.2) is 0 Å². The zero-order valence-electron chi connectivity index (χ0n) is 24.4. The molecule has 0 N–H and O–H groups in total. The number of halogens is 1. The molecular formula is C23H69BFK. The molecule has 0 bridgehead atoms. The molecule has 0 spiro atoms. The molecule has 0 amide bonds. The minimum atomic E-state index is 0. The minimum absolute atomic E-state index is 0. The van der Waals surface area contributed by atoms with E-state index in [9.17, 15) is 0 Å². The van der Waals surface area contributed by atoms with Crippen LogP contribution in [0.3, 0.4) is 0 Å². The Bertz CT molecular complexity index is 26.3. The molecule has 26 heavy (non-hydrogen) atoms. The Morgan fingerprint density at radius 1 is 0.423 bits per heavy atom. The maximum absolute atomic E-state index is 5.25. The summed E-state index contributed by atoms with van der Waals surface area (Å²) in [5.41, 5.74) is 0. The van der Waals surface area contributed by atoms with Gasteiger partial charge in [0.1, 0.15) is 0 Å². The fourth-order valence-corrected chi connectivity index (χ4v) is 0. The van der Waals surface area contributed by atoms with Crippen molar-refractivity contribution in [1.82, 2.24) is 0 Å². The maximum Gasteiger partial charge on any atom is 1.00 e. The normalized spacial score (nSPS) is 3.46. The van der Waals surface area contributed by atoms with E-state index in [0.717, 1.165) is 0 Å². The first-order valence-corrected chi connectivity index (χ1v) is 10.8. The summed E-state index contributed by atoms with van der Waals surface area (Å²) in [4.78, 5) is 0. The largest absolute Gasteiger partial charge is 1.00 e. The van der Waals surface area contributed by atoms with Crippen LogP contribution >= 0.6 is 0 Å². The zero-order chi connectivity index (χ0) is 23.4. The van der Waals surface area contributed by atoms with Gasteiger partial charge in [-0.15, -0.1) is 0 Å². The van der Waals surface area contributed by atoms with Gasteiger partial charge in [0.15, 0.2) is 0 Å². The topological polar surface area (TPSA) is 0 Å². The Balaban J connectivity index is -0.00000000571. The van der Waals surface area contributed by atoms with E-state index in [1.807, 2.05) is 111 Å². The summed E-state index contributed by atoms with van der Waals surface area (Å²) >= 11 is 0. The van der Waals surface area contributed by atoms with Crippen molar-refractivity contribution in [3.8, 4) is 0 Å². The molecule has 0 nitrogen and oxygen atoms in total. The van der Waals surface area contributed by atoms with Crippen molar-refractivity contribution in [3.05, 3.63) is 0 Å². The number of hydrogen-bond donors (Lipinski definition) is 0. The van der Waals surface area contributed by atoms with Crippen molar-refractivity contribution in [2.45, 2.75) is 159 Å². The van der Waals surface area contributed by atoms with Gasteiger partial charge in [0.2, 0.25) is 0 Å². The van der Waals surface area contributed by atoms with Crippen molar-refractivity contribution >= 4 is 8.38 Å². The molecule has 0 aromatic heterocycles. The van der Waals surface area contributed by atoms with E-state index < -0.39 is 0 Å². The molecule has 0 saturated carbocycles. The molecule has 0 rings (SSSR count). The van der Waals surface area contributed by atoms with Crippen LogP contribution in [0.25, 0.3) is 0 Å². The molecule has 0 saturated heterocycles. The van der Waals surface area contributed by atoms with Crippen molar-refractivity contribution in [3.63, 3.8) is 0 Å². The van der Waals surface area contributed by atoms with Crippen LogP contribution in [-0.4, -0.2) is 9.71 Å². The maximum atomic E-state index is 5.25. The second kappa shape index (κ2) is 1330. The first-order valence-electron chi connectivity index (χ1n) is 11.4. The molecule has 0 aromatic rings. The summed E-state index contributed by atoms with van der Waals surface area (Å²) < 4.78 is 5.25. The van der Waals surface area contributed by atoms with E-state index >= 15 is 0 Å². The molecule has 0 heterocycles. The van der Waals surface area contributed by atoms with Gasteiger partial charge in [0.05, 0.1) is 0 Å².